The summed E-state index contributed by atoms with van der Waals surface area (Å²) in [6.07, 6.45) is -7.56. The van der Waals surface area contributed by atoms with Crippen LogP contribution in [-0.2, 0) is 13.5 Å². The van der Waals surface area contributed by atoms with Gasteiger partial charge in [0.15, 0.2) is 0 Å². The van der Waals surface area contributed by atoms with E-state index in [1.807, 2.05) is 36.6 Å². The summed E-state index contributed by atoms with van der Waals surface area (Å²) in [4.78, 5) is 12.6. The molecule has 0 bridgehead atoms. The van der Waals surface area contributed by atoms with Crippen molar-refractivity contribution >= 4 is 27.6 Å². The molecule has 4 nitrogen and oxygen atoms in total. The Labute approximate surface area is 206 Å². The number of halogens is 6. The fraction of sp³-hybridized carbons (Fsp3) is 0.423. The first-order valence-corrected chi connectivity index (χ1v) is 11.6. The van der Waals surface area contributed by atoms with Crippen LogP contribution in [0.1, 0.15) is 46.4 Å². The summed E-state index contributed by atoms with van der Waals surface area (Å²) in [5.74, 6) is 0.254. The smallest absolute Gasteiger partial charge is 0.331 e. The molecule has 0 aliphatic heterocycles. The number of pyridine rings is 1. The van der Waals surface area contributed by atoms with Gasteiger partial charge >= 0.3 is 12.4 Å². The second-order valence-electron chi connectivity index (χ2n) is 8.05. The summed E-state index contributed by atoms with van der Waals surface area (Å²) < 4.78 is 80.8. The molecule has 0 radical (unpaired) electrons. The third kappa shape index (κ3) is 6.73. The number of allylic oxidation sites excluding steroid dienone is 3. The third-order valence-corrected chi connectivity index (χ3v) is 5.74. The quantitative estimate of drug-likeness (QED) is 0.182. The van der Waals surface area contributed by atoms with E-state index in [9.17, 15) is 26.3 Å². The van der Waals surface area contributed by atoms with Crippen LogP contribution in [-0.4, -0.2) is 32.6 Å². The lowest BCUT2D eigenvalue weighted by atomic mass is 9.98. The second kappa shape index (κ2) is 11.7. The summed E-state index contributed by atoms with van der Waals surface area (Å²) in [5.41, 5.74) is -0.738. The van der Waals surface area contributed by atoms with Crippen molar-refractivity contribution in [1.82, 2.24) is 14.5 Å². The van der Waals surface area contributed by atoms with Crippen LogP contribution in [0.4, 0.5) is 26.3 Å². The molecule has 3 rings (SSSR count). The molecule has 0 amide bonds. The van der Waals surface area contributed by atoms with Gasteiger partial charge in [0, 0.05) is 30.8 Å². The number of aliphatic imine (C=N–C) groups is 1. The Bertz CT molecular complexity index is 1270. The minimum Gasteiger partial charge on any atom is -0.331 e. The van der Waals surface area contributed by atoms with Crippen LogP contribution in [0, 0.1) is 5.92 Å². The molecule has 1 unspecified atom stereocenters. The standard InChI is InChI=1S/C24H24F6N4.C2H6/c1-5-14(2)17(32-20(24(28,29)30)13-15(3)23(25,26)27)9-11-21-33-22-16-7-6-12-31-18(16)8-10-19(22)34(21)4;1-2/h6-8,10,12-14H,3,5,9,11H2,1-2,4H3;1-2H3/b20-13-,32-17?;. The molecular formula is C26H30F6N4. The SMILES string of the molecule is C=C(/C=C(\N=C(CCc1nc2c3cccnc3ccc2n1C)C(C)CC)C(F)(F)F)C(F)(F)F.CC. The molecule has 10 heteroatoms. The molecular weight excluding hydrogens is 482 g/mol. The van der Waals surface area contributed by atoms with E-state index in [1.54, 1.807) is 33.2 Å². The van der Waals surface area contributed by atoms with Crippen LogP contribution >= 0.6 is 0 Å². The molecule has 0 saturated heterocycles. The van der Waals surface area contributed by atoms with Gasteiger partial charge in [0.05, 0.1) is 22.1 Å². The van der Waals surface area contributed by atoms with E-state index in [0.29, 0.717) is 12.2 Å². The maximum absolute atomic E-state index is 13.5. The first kappa shape index (κ1) is 29.1. The third-order valence-electron chi connectivity index (χ3n) is 5.74. The zero-order valence-corrected chi connectivity index (χ0v) is 20.9. The van der Waals surface area contributed by atoms with Gasteiger partial charge in [-0.2, -0.15) is 26.3 Å². The van der Waals surface area contributed by atoms with E-state index in [2.05, 4.69) is 21.5 Å². The highest BCUT2D eigenvalue weighted by atomic mass is 19.4. The molecule has 3 aromatic rings. The topological polar surface area (TPSA) is 43.1 Å². The molecule has 1 aromatic carbocycles. The predicted octanol–water partition coefficient (Wildman–Crippen LogP) is 8.13. The molecule has 0 saturated carbocycles. The molecule has 0 fully saturated rings. The van der Waals surface area contributed by atoms with Gasteiger partial charge in [-0.1, -0.05) is 34.3 Å². The summed E-state index contributed by atoms with van der Waals surface area (Å²) in [7, 11) is 1.81. The van der Waals surface area contributed by atoms with Gasteiger partial charge in [0.25, 0.3) is 0 Å². The minimum absolute atomic E-state index is 0.0451. The van der Waals surface area contributed by atoms with E-state index in [-0.39, 0.29) is 30.5 Å². The van der Waals surface area contributed by atoms with Crippen LogP contribution in [0.15, 0.2) is 59.4 Å². The first-order valence-electron chi connectivity index (χ1n) is 11.6. The maximum atomic E-state index is 13.5. The molecule has 0 aliphatic rings. The zero-order valence-electron chi connectivity index (χ0n) is 20.9. The van der Waals surface area contributed by atoms with Gasteiger partial charge in [-0.25, -0.2) is 4.98 Å². The van der Waals surface area contributed by atoms with E-state index >= 15 is 0 Å². The highest BCUT2D eigenvalue weighted by molar-refractivity contribution is 6.02. The van der Waals surface area contributed by atoms with E-state index in [0.717, 1.165) is 21.9 Å². The first-order chi connectivity index (χ1) is 16.8. The largest absolute Gasteiger partial charge is 0.433 e. The Morgan fingerprint density at radius 1 is 1.11 bits per heavy atom. The Morgan fingerprint density at radius 3 is 2.36 bits per heavy atom. The fourth-order valence-corrected chi connectivity index (χ4v) is 3.55. The molecule has 0 spiro atoms. The molecule has 36 heavy (non-hydrogen) atoms. The summed E-state index contributed by atoms with van der Waals surface area (Å²) in [6.45, 7) is 10.2. The lowest BCUT2D eigenvalue weighted by Gasteiger charge is -2.16. The van der Waals surface area contributed by atoms with Crippen LogP contribution < -0.4 is 0 Å². The Balaban J connectivity index is 0.00000222. The van der Waals surface area contributed by atoms with Crippen molar-refractivity contribution in [2.75, 3.05) is 0 Å². The van der Waals surface area contributed by atoms with Crippen LogP contribution in [0.3, 0.4) is 0 Å². The highest BCUT2D eigenvalue weighted by Crippen LogP contribution is 2.33. The van der Waals surface area contributed by atoms with E-state index in [4.69, 9.17) is 0 Å². The van der Waals surface area contributed by atoms with Crippen molar-refractivity contribution in [1.29, 1.82) is 0 Å². The van der Waals surface area contributed by atoms with Crippen molar-refractivity contribution in [3.05, 3.63) is 60.2 Å². The van der Waals surface area contributed by atoms with Crippen LogP contribution in [0.25, 0.3) is 21.9 Å². The van der Waals surface area contributed by atoms with Crippen molar-refractivity contribution < 1.29 is 26.3 Å². The van der Waals surface area contributed by atoms with Gasteiger partial charge in [-0.15, -0.1) is 0 Å². The number of imidazole rings is 1. The molecule has 1 atom stereocenters. The number of hydrogen-bond acceptors (Lipinski definition) is 3. The maximum Gasteiger partial charge on any atom is 0.433 e. The van der Waals surface area contributed by atoms with Crippen LogP contribution in [0.5, 0.6) is 0 Å². The minimum atomic E-state index is -5.06. The molecule has 2 aromatic heterocycles. The summed E-state index contributed by atoms with van der Waals surface area (Å²) in [5, 5.41) is 0.852. The number of nitrogens with zero attached hydrogens (tertiary/aromatic N) is 4. The normalized spacial score (nSPS) is 14.1. The summed E-state index contributed by atoms with van der Waals surface area (Å²) in [6, 6.07) is 7.42. The number of benzene rings is 1. The fourth-order valence-electron chi connectivity index (χ4n) is 3.55. The average Bonchev–Trinajstić information content (AvgIpc) is 3.16. The van der Waals surface area contributed by atoms with E-state index < -0.39 is 23.6 Å². The van der Waals surface area contributed by atoms with Crippen molar-refractivity contribution in [2.45, 2.75) is 59.3 Å². The Kier molecular flexibility index (Phi) is 9.45. The molecule has 0 aliphatic carbocycles. The summed E-state index contributed by atoms with van der Waals surface area (Å²) >= 11 is 0. The van der Waals surface area contributed by atoms with Gasteiger partial charge in [-0.05, 0) is 49.1 Å². The lowest BCUT2D eigenvalue weighted by Crippen LogP contribution is -2.19. The Hall–Kier alpha value is -3.17. The van der Waals surface area contributed by atoms with Gasteiger partial charge in [0.2, 0.25) is 0 Å². The van der Waals surface area contributed by atoms with Gasteiger partial charge < -0.3 is 4.57 Å². The van der Waals surface area contributed by atoms with Gasteiger partial charge in [-0.3, -0.25) is 9.98 Å². The zero-order chi connectivity index (χ0) is 27.3. The molecule has 196 valence electrons. The number of rotatable bonds is 7. The Morgan fingerprint density at radius 2 is 1.78 bits per heavy atom. The predicted molar refractivity (Wildman–Crippen MR) is 132 cm³/mol. The molecule has 2 heterocycles. The van der Waals surface area contributed by atoms with Crippen molar-refractivity contribution in [2.24, 2.45) is 18.0 Å². The second-order valence-corrected chi connectivity index (χ2v) is 8.05. The van der Waals surface area contributed by atoms with Crippen LogP contribution in [0.2, 0.25) is 0 Å². The average molecular weight is 513 g/mol. The van der Waals surface area contributed by atoms with E-state index in [1.165, 1.54) is 0 Å². The monoisotopic (exact) mass is 512 g/mol. The number of alkyl halides is 6. The van der Waals surface area contributed by atoms with Crippen molar-refractivity contribution in [3.63, 3.8) is 0 Å². The highest BCUT2D eigenvalue weighted by Gasteiger charge is 2.38. The van der Waals surface area contributed by atoms with Gasteiger partial charge in [0.1, 0.15) is 11.5 Å². The number of fused-ring (bicyclic) bond motifs is 3. The lowest BCUT2D eigenvalue weighted by molar-refractivity contribution is -0.0959. The number of hydrogen-bond donors (Lipinski definition) is 0. The number of aryl methyl sites for hydroxylation is 2. The molecule has 0 N–H and O–H groups in total. The van der Waals surface area contributed by atoms with Crippen molar-refractivity contribution in [3.8, 4) is 0 Å². The number of aromatic nitrogens is 3.